The van der Waals surface area contributed by atoms with Gasteiger partial charge in [-0.05, 0) is 54.3 Å². The first-order valence-electron chi connectivity index (χ1n) is 8.64. The van der Waals surface area contributed by atoms with Crippen LogP contribution in [-0.2, 0) is 6.18 Å². The maximum atomic E-state index is 12.9. The fourth-order valence-electron chi connectivity index (χ4n) is 2.61. The number of rotatable bonds is 5. The lowest BCUT2D eigenvalue weighted by atomic mass is 10.0. The number of hydrogen-bond acceptors (Lipinski definition) is 2. The van der Waals surface area contributed by atoms with Crippen LogP contribution >= 0.6 is 11.8 Å². The fraction of sp³-hybridized carbons (Fsp3) is 0.0870. The number of aliphatic imine (C=N–C) groups is 1. The molecule has 0 aliphatic rings. The molecule has 0 radical (unpaired) electrons. The Labute approximate surface area is 166 Å². The molecule has 3 rings (SSSR count). The molecule has 0 aliphatic heterocycles. The van der Waals surface area contributed by atoms with Crippen molar-refractivity contribution in [2.45, 2.75) is 18.0 Å². The number of aryl methyl sites for hydroxylation is 1. The lowest BCUT2D eigenvalue weighted by Gasteiger charge is -2.08. The Morgan fingerprint density at radius 1 is 0.893 bits per heavy atom. The van der Waals surface area contributed by atoms with Crippen molar-refractivity contribution in [2.24, 2.45) is 4.99 Å². The summed E-state index contributed by atoms with van der Waals surface area (Å²) in [5.74, 6) is 0. The largest absolute Gasteiger partial charge is 0.416 e. The van der Waals surface area contributed by atoms with Crippen molar-refractivity contribution >= 4 is 23.2 Å². The van der Waals surface area contributed by atoms with E-state index in [1.165, 1.54) is 17.8 Å². The van der Waals surface area contributed by atoms with Gasteiger partial charge in [-0.2, -0.15) is 13.2 Å². The number of hydrogen-bond donors (Lipinski definition) is 0. The number of para-hydroxylation sites is 1. The first kappa shape index (κ1) is 20.0. The van der Waals surface area contributed by atoms with E-state index in [1.807, 2.05) is 67.6 Å². The van der Waals surface area contributed by atoms with E-state index in [1.54, 1.807) is 11.5 Å². The van der Waals surface area contributed by atoms with Gasteiger partial charge in [-0.1, -0.05) is 60.3 Å². The summed E-state index contributed by atoms with van der Waals surface area (Å²) in [5, 5.41) is 1.77. The predicted molar refractivity (Wildman–Crippen MR) is 110 cm³/mol. The number of thioether (sulfide) groups is 1. The van der Waals surface area contributed by atoms with Crippen molar-refractivity contribution in [3.8, 4) is 0 Å². The Hall–Kier alpha value is -2.79. The number of benzene rings is 3. The van der Waals surface area contributed by atoms with Gasteiger partial charge in [0.05, 0.1) is 17.0 Å². The van der Waals surface area contributed by atoms with Gasteiger partial charge < -0.3 is 0 Å². The third kappa shape index (κ3) is 5.36. The van der Waals surface area contributed by atoms with E-state index in [-0.39, 0.29) is 0 Å². The quantitative estimate of drug-likeness (QED) is 0.322. The van der Waals surface area contributed by atoms with Crippen molar-refractivity contribution < 1.29 is 13.2 Å². The predicted octanol–water partition coefficient (Wildman–Crippen LogP) is 7.44. The van der Waals surface area contributed by atoms with Crippen molar-refractivity contribution in [1.29, 1.82) is 0 Å². The molecular weight excluding hydrogens is 379 g/mol. The number of nitrogens with zero attached hydrogens (tertiary/aromatic N) is 1. The van der Waals surface area contributed by atoms with E-state index in [9.17, 15) is 13.2 Å². The molecule has 0 aliphatic carbocycles. The summed E-state index contributed by atoms with van der Waals surface area (Å²) in [6.45, 7) is 2.00. The lowest BCUT2D eigenvalue weighted by molar-refractivity contribution is -0.137. The lowest BCUT2D eigenvalue weighted by Crippen LogP contribution is -2.04. The zero-order valence-corrected chi connectivity index (χ0v) is 16.0. The monoisotopic (exact) mass is 397 g/mol. The van der Waals surface area contributed by atoms with Gasteiger partial charge in [0.25, 0.3) is 0 Å². The molecule has 0 unspecified atom stereocenters. The van der Waals surface area contributed by atoms with Crippen LogP contribution in [0, 0.1) is 6.92 Å². The molecule has 28 heavy (non-hydrogen) atoms. The van der Waals surface area contributed by atoms with Crippen molar-refractivity contribution in [2.75, 3.05) is 0 Å². The second-order valence-corrected chi connectivity index (χ2v) is 7.07. The van der Waals surface area contributed by atoms with Gasteiger partial charge in [0.15, 0.2) is 0 Å². The summed E-state index contributed by atoms with van der Waals surface area (Å²) in [7, 11) is 0. The Bertz CT molecular complexity index is 992. The van der Waals surface area contributed by atoms with Gasteiger partial charge in [0.1, 0.15) is 0 Å². The second-order valence-electron chi connectivity index (χ2n) is 6.09. The first-order chi connectivity index (χ1) is 13.4. The van der Waals surface area contributed by atoms with Gasteiger partial charge in [-0.15, -0.1) is 0 Å². The van der Waals surface area contributed by atoms with E-state index in [4.69, 9.17) is 4.99 Å². The molecule has 142 valence electrons. The first-order valence-corrected chi connectivity index (χ1v) is 9.52. The second kappa shape index (κ2) is 8.93. The van der Waals surface area contributed by atoms with Crippen LogP contribution in [0.3, 0.4) is 0 Å². The van der Waals surface area contributed by atoms with Crippen molar-refractivity contribution in [3.05, 3.63) is 107 Å². The molecule has 3 aromatic carbocycles. The number of halogens is 3. The molecule has 0 saturated carbocycles. The maximum Gasteiger partial charge on any atom is 0.416 e. The van der Waals surface area contributed by atoms with Crippen LogP contribution in [0.15, 0.2) is 100 Å². The molecule has 0 spiro atoms. The molecule has 0 fully saturated rings. The summed E-state index contributed by atoms with van der Waals surface area (Å²) in [6.07, 6.45) is -2.51. The number of allylic oxidation sites excluding steroid dienone is 1. The van der Waals surface area contributed by atoms with Crippen LogP contribution in [0.2, 0.25) is 0 Å². The molecule has 3 aromatic rings. The Balaban J connectivity index is 1.88. The minimum absolute atomic E-state index is 0.523. The Morgan fingerprint density at radius 2 is 1.61 bits per heavy atom. The highest BCUT2D eigenvalue weighted by Crippen LogP contribution is 2.32. The normalized spacial score (nSPS) is 12.5. The average Bonchev–Trinajstić information content (AvgIpc) is 2.68. The SMILES string of the molecule is Cc1ccccc1C(C=CSc1cccc(C(F)(F)F)c1)=Nc1ccccc1. The Kier molecular flexibility index (Phi) is 6.37. The molecule has 0 amide bonds. The molecule has 0 bridgehead atoms. The summed E-state index contributed by atoms with van der Waals surface area (Å²) < 4.78 is 38.6. The zero-order valence-electron chi connectivity index (χ0n) is 15.1. The minimum Gasteiger partial charge on any atom is -0.248 e. The van der Waals surface area contributed by atoms with Crippen LogP contribution in [0.25, 0.3) is 0 Å². The summed E-state index contributed by atoms with van der Waals surface area (Å²) in [5.41, 5.74) is 2.97. The van der Waals surface area contributed by atoms with Gasteiger partial charge in [-0.25, -0.2) is 4.99 Å². The van der Waals surface area contributed by atoms with Crippen molar-refractivity contribution in [1.82, 2.24) is 0 Å². The molecule has 5 heteroatoms. The molecule has 0 atom stereocenters. The van der Waals surface area contributed by atoms with Crippen LogP contribution in [-0.4, -0.2) is 5.71 Å². The highest BCUT2D eigenvalue weighted by Gasteiger charge is 2.30. The smallest absolute Gasteiger partial charge is 0.248 e. The molecule has 0 heterocycles. The molecule has 0 N–H and O–H groups in total. The third-order valence-electron chi connectivity index (χ3n) is 4.02. The van der Waals surface area contributed by atoms with Gasteiger partial charge in [-0.3, -0.25) is 0 Å². The summed E-state index contributed by atoms with van der Waals surface area (Å²) in [6, 6.07) is 22.7. The van der Waals surface area contributed by atoms with E-state index in [0.717, 1.165) is 34.7 Å². The Morgan fingerprint density at radius 3 is 2.32 bits per heavy atom. The average molecular weight is 397 g/mol. The molecule has 0 aromatic heterocycles. The minimum atomic E-state index is -4.35. The van der Waals surface area contributed by atoms with Crippen LogP contribution in [0.1, 0.15) is 16.7 Å². The highest BCUT2D eigenvalue weighted by atomic mass is 32.2. The molecular formula is C23H18F3NS. The van der Waals surface area contributed by atoms with E-state index < -0.39 is 11.7 Å². The standard InChI is InChI=1S/C23H18F3NS/c1-17-8-5-6-13-21(17)22(27-19-10-3-2-4-11-19)14-15-28-20-12-7-9-18(16-20)23(24,25)26/h2-16H,1H3. The summed E-state index contributed by atoms with van der Waals surface area (Å²) in [4.78, 5) is 5.24. The number of alkyl halides is 3. The zero-order chi connectivity index (χ0) is 20.0. The highest BCUT2D eigenvalue weighted by molar-refractivity contribution is 8.02. The van der Waals surface area contributed by atoms with Crippen LogP contribution in [0.4, 0.5) is 18.9 Å². The summed E-state index contributed by atoms with van der Waals surface area (Å²) >= 11 is 1.23. The van der Waals surface area contributed by atoms with Gasteiger partial charge >= 0.3 is 6.18 Å². The van der Waals surface area contributed by atoms with E-state index in [2.05, 4.69) is 0 Å². The van der Waals surface area contributed by atoms with Gasteiger partial charge in [0.2, 0.25) is 0 Å². The van der Waals surface area contributed by atoms with Crippen LogP contribution in [0.5, 0.6) is 0 Å². The fourth-order valence-corrected chi connectivity index (χ4v) is 3.32. The maximum absolute atomic E-state index is 12.9. The molecule has 1 nitrogen and oxygen atoms in total. The topological polar surface area (TPSA) is 12.4 Å². The van der Waals surface area contributed by atoms with Crippen molar-refractivity contribution in [3.63, 3.8) is 0 Å². The van der Waals surface area contributed by atoms with Gasteiger partial charge in [0, 0.05) is 10.5 Å². The van der Waals surface area contributed by atoms with E-state index in [0.29, 0.717) is 4.90 Å². The van der Waals surface area contributed by atoms with E-state index >= 15 is 0 Å². The third-order valence-corrected chi connectivity index (χ3v) is 4.82. The van der Waals surface area contributed by atoms with Crippen LogP contribution < -0.4 is 0 Å². The molecule has 0 saturated heterocycles.